The van der Waals surface area contributed by atoms with Gasteiger partial charge in [0.15, 0.2) is 11.5 Å². The fourth-order valence-corrected chi connectivity index (χ4v) is 3.84. The Kier molecular flexibility index (Phi) is 3.31. The van der Waals surface area contributed by atoms with Crippen LogP contribution >= 0.6 is 0 Å². The molecule has 1 saturated heterocycles. The zero-order valence-corrected chi connectivity index (χ0v) is 12.3. The van der Waals surface area contributed by atoms with Crippen LogP contribution in [0.5, 0.6) is 11.5 Å². The molecule has 4 heteroatoms. The SMILES string of the molecule is NC(C1CCOC2(CCC2)C1)C1COc2ccccc2O1. The first-order valence-corrected chi connectivity index (χ1v) is 8.04. The maximum Gasteiger partial charge on any atom is 0.161 e. The summed E-state index contributed by atoms with van der Waals surface area (Å²) < 4.78 is 17.9. The summed E-state index contributed by atoms with van der Waals surface area (Å²) in [6, 6.07) is 7.83. The summed E-state index contributed by atoms with van der Waals surface area (Å²) >= 11 is 0. The van der Waals surface area contributed by atoms with E-state index in [1.54, 1.807) is 0 Å². The summed E-state index contributed by atoms with van der Waals surface area (Å²) in [6.07, 6.45) is 5.74. The van der Waals surface area contributed by atoms with E-state index in [1.165, 1.54) is 19.3 Å². The van der Waals surface area contributed by atoms with Gasteiger partial charge >= 0.3 is 0 Å². The van der Waals surface area contributed by atoms with Crippen LogP contribution in [0.1, 0.15) is 32.1 Å². The van der Waals surface area contributed by atoms with Crippen LogP contribution in [-0.2, 0) is 4.74 Å². The molecule has 2 fully saturated rings. The minimum Gasteiger partial charge on any atom is -0.486 e. The van der Waals surface area contributed by atoms with E-state index in [9.17, 15) is 0 Å². The molecule has 4 rings (SSSR count). The standard InChI is InChI=1S/C17H23NO3/c18-16(12-6-9-20-17(10-12)7-3-8-17)15-11-19-13-4-1-2-5-14(13)21-15/h1-2,4-5,12,15-16H,3,6-11,18H2. The van der Waals surface area contributed by atoms with Crippen molar-refractivity contribution < 1.29 is 14.2 Å². The maximum atomic E-state index is 6.52. The molecular formula is C17H23NO3. The largest absolute Gasteiger partial charge is 0.486 e. The Morgan fingerprint density at radius 3 is 2.76 bits per heavy atom. The molecule has 3 atom stereocenters. The van der Waals surface area contributed by atoms with Gasteiger partial charge in [-0.05, 0) is 50.2 Å². The molecular weight excluding hydrogens is 266 g/mol. The quantitative estimate of drug-likeness (QED) is 0.909. The van der Waals surface area contributed by atoms with E-state index in [4.69, 9.17) is 19.9 Å². The van der Waals surface area contributed by atoms with E-state index in [1.807, 2.05) is 24.3 Å². The Morgan fingerprint density at radius 2 is 2.00 bits per heavy atom. The third-order valence-corrected chi connectivity index (χ3v) is 5.30. The summed E-state index contributed by atoms with van der Waals surface area (Å²) in [4.78, 5) is 0. The highest BCUT2D eigenvalue weighted by molar-refractivity contribution is 5.40. The minimum atomic E-state index is -0.0554. The fraction of sp³-hybridized carbons (Fsp3) is 0.647. The zero-order valence-electron chi connectivity index (χ0n) is 12.3. The van der Waals surface area contributed by atoms with Crippen molar-refractivity contribution in [3.63, 3.8) is 0 Å². The predicted molar refractivity (Wildman–Crippen MR) is 79.6 cm³/mol. The van der Waals surface area contributed by atoms with Crippen LogP contribution in [0.15, 0.2) is 24.3 Å². The Hall–Kier alpha value is -1.26. The van der Waals surface area contributed by atoms with Crippen LogP contribution in [0, 0.1) is 5.92 Å². The summed E-state index contributed by atoms with van der Waals surface area (Å²) in [7, 11) is 0. The number of nitrogens with two attached hydrogens (primary N) is 1. The van der Waals surface area contributed by atoms with Crippen LogP contribution in [0.4, 0.5) is 0 Å². The number of para-hydroxylation sites is 2. The molecule has 114 valence electrons. The number of ether oxygens (including phenoxy) is 3. The summed E-state index contributed by atoms with van der Waals surface area (Å²) in [5, 5.41) is 0. The monoisotopic (exact) mass is 289 g/mol. The maximum absolute atomic E-state index is 6.52. The van der Waals surface area contributed by atoms with E-state index in [-0.39, 0.29) is 17.7 Å². The third kappa shape index (κ3) is 2.40. The molecule has 0 bridgehead atoms. The molecule has 1 aromatic rings. The van der Waals surface area contributed by atoms with Crippen molar-refractivity contribution in [2.24, 2.45) is 11.7 Å². The summed E-state index contributed by atoms with van der Waals surface area (Å²) in [5.41, 5.74) is 6.65. The lowest BCUT2D eigenvalue weighted by atomic mass is 9.70. The fourth-order valence-electron chi connectivity index (χ4n) is 3.84. The molecule has 1 spiro atoms. The van der Waals surface area contributed by atoms with E-state index >= 15 is 0 Å². The van der Waals surface area contributed by atoms with Gasteiger partial charge in [-0.1, -0.05) is 12.1 Å². The van der Waals surface area contributed by atoms with Crippen molar-refractivity contribution >= 4 is 0 Å². The van der Waals surface area contributed by atoms with E-state index in [2.05, 4.69) is 0 Å². The van der Waals surface area contributed by atoms with E-state index in [0.717, 1.165) is 30.9 Å². The third-order valence-electron chi connectivity index (χ3n) is 5.30. The van der Waals surface area contributed by atoms with Gasteiger partial charge in [-0.3, -0.25) is 0 Å². The Bertz CT molecular complexity index is 515. The van der Waals surface area contributed by atoms with Crippen LogP contribution in [0.3, 0.4) is 0 Å². The minimum absolute atomic E-state index is 0.0136. The number of hydrogen-bond donors (Lipinski definition) is 1. The first kappa shape index (κ1) is 13.4. The topological polar surface area (TPSA) is 53.7 Å². The average molecular weight is 289 g/mol. The van der Waals surface area contributed by atoms with Gasteiger partial charge < -0.3 is 19.9 Å². The molecule has 1 aliphatic carbocycles. The molecule has 21 heavy (non-hydrogen) atoms. The van der Waals surface area contributed by atoms with Gasteiger partial charge in [0.25, 0.3) is 0 Å². The molecule has 2 aliphatic heterocycles. The second-order valence-corrected chi connectivity index (χ2v) is 6.63. The molecule has 0 radical (unpaired) electrons. The number of benzene rings is 1. The van der Waals surface area contributed by atoms with Crippen LogP contribution in [0.25, 0.3) is 0 Å². The molecule has 2 N–H and O–H groups in total. The van der Waals surface area contributed by atoms with Crippen molar-refractivity contribution in [1.82, 2.24) is 0 Å². The smallest absolute Gasteiger partial charge is 0.161 e. The molecule has 3 unspecified atom stereocenters. The second-order valence-electron chi connectivity index (χ2n) is 6.63. The van der Waals surface area contributed by atoms with Crippen molar-refractivity contribution in [3.8, 4) is 11.5 Å². The lowest BCUT2D eigenvalue weighted by Gasteiger charge is -2.49. The number of fused-ring (bicyclic) bond motifs is 1. The van der Waals surface area contributed by atoms with Crippen LogP contribution in [0.2, 0.25) is 0 Å². The van der Waals surface area contributed by atoms with Gasteiger partial charge in [0, 0.05) is 12.6 Å². The molecule has 1 aromatic carbocycles. The lowest BCUT2D eigenvalue weighted by Crippen LogP contribution is -2.55. The zero-order chi connectivity index (χ0) is 14.3. The summed E-state index contributed by atoms with van der Waals surface area (Å²) in [5.74, 6) is 2.11. The van der Waals surface area contributed by atoms with E-state index < -0.39 is 0 Å². The Labute approximate surface area is 125 Å². The van der Waals surface area contributed by atoms with E-state index in [0.29, 0.717) is 12.5 Å². The normalized spacial score (nSPS) is 31.5. The first-order valence-electron chi connectivity index (χ1n) is 8.04. The van der Waals surface area contributed by atoms with Crippen LogP contribution < -0.4 is 15.2 Å². The highest BCUT2D eigenvalue weighted by atomic mass is 16.6. The second kappa shape index (κ2) is 5.18. The van der Waals surface area contributed by atoms with Crippen molar-refractivity contribution in [2.75, 3.05) is 13.2 Å². The number of hydrogen-bond acceptors (Lipinski definition) is 4. The van der Waals surface area contributed by atoms with Crippen molar-refractivity contribution in [3.05, 3.63) is 24.3 Å². The van der Waals surface area contributed by atoms with Gasteiger partial charge in [0.05, 0.1) is 5.60 Å². The number of rotatable bonds is 2. The molecule has 0 amide bonds. The highest BCUT2D eigenvalue weighted by Crippen LogP contribution is 2.45. The molecule has 3 aliphatic rings. The van der Waals surface area contributed by atoms with Crippen molar-refractivity contribution in [1.29, 1.82) is 0 Å². The van der Waals surface area contributed by atoms with Gasteiger partial charge in [0.1, 0.15) is 12.7 Å². The van der Waals surface area contributed by atoms with Gasteiger partial charge in [0.2, 0.25) is 0 Å². The van der Waals surface area contributed by atoms with Gasteiger partial charge in [-0.2, -0.15) is 0 Å². The highest BCUT2D eigenvalue weighted by Gasteiger charge is 2.45. The summed E-state index contributed by atoms with van der Waals surface area (Å²) in [6.45, 7) is 1.38. The van der Waals surface area contributed by atoms with Crippen LogP contribution in [-0.4, -0.2) is 31.0 Å². The Morgan fingerprint density at radius 1 is 1.19 bits per heavy atom. The lowest BCUT2D eigenvalue weighted by molar-refractivity contribution is -0.149. The molecule has 0 aromatic heterocycles. The van der Waals surface area contributed by atoms with Gasteiger partial charge in [-0.25, -0.2) is 0 Å². The average Bonchev–Trinajstić information content (AvgIpc) is 2.52. The molecule has 1 saturated carbocycles. The van der Waals surface area contributed by atoms with Crippen molar-refractivity contribution in [2.45, 2.75) is 49.9 Å². The molecule has 2 heterocycles. The Balaban J connectivity index is 1.44. The van der Waals surface area contributed by atoms with Gasteiger partial charge in [-0.15, -0.1) is 0 Å². The predicted octanol–water partition coefficient (Wildman–Crippen LogP) is 2.50. The molecule has 4 nitrogen and oxygen atoms in total. The first-order chi connectivity index (χ1) is 10.3.